The van der Waals surface area contributed by atoms with Crippen molar-refractivity contribution in [3.8, 4) is 17.3 Å². The molecule has 0 unspecified atom stereocenters. The molecule has 4 heterocycles. The van der Waals surface area contributed by atoms with E-state index in [1.165, 1.54) is 5.56 Å². The molecule has 1 aromatic carbocycles. The van der Waals surface area contributed by atoms with Crippen LogP contribution in [0.25, 0.3) is 28.1 Å². The van der Waals surface area contributed by atoms with Gasteiger partial charge in [0.15, 0.2) is 11.5 Å². The summed E-state index contributed by atoms with van der Waals surface area (Å²) in [5, 5.41) is 9.80. The molecule has 0 bridgehead atoms. The standard InChI is InChI=1S/C22H24N6O.CH4/c1-14(27-10-9-17(23)13-27)16-5-8-21-25-26-22(28(21)12-16)19-7-4-15-3-6-18(29-2)11-20(15)24-19;/h3-8,11-12,14,17H,9-10,13,23H2,1-2H3;1H4/t14-,17-;/m0./s1. The monoisotopic (exact) mass is 404 g/mol. The van der Waals surface area contributed by atoms with Crippen LogP contribution >= 0.6 is 0 Å². The van der Waals surface area contributed by atoms with Crippen molar-refractivity contribution < 1.29 is 4.74 Å². The molecule has 7 nitrogen and oxygen atoms in total. The molecule has 1 saturated heterocycles. The summed E-state index contributed by atoms with van der Waals surface area (Å²) in [5.74, 6) is 1.52. The minimum atomic E-state index is 0. The second-order valence-electron chi connectivity index (χ2n) is 7.69. The number of nitrogens with zero attached hydrogens (tertiary/aromatic N) is 5. The first-order chi connectivity index (χ1) is 14.1. The van der Waals surface area contributed by atoms with E-state index in [9.17, 15) is 0 Å². The lowest BCUT2D eigenvalue weighted by atomic mass is 10.1. The number of ether oxygens (including phenoxy) is 1. The topological polar surface area (TPSA) is 81.6 Å². The van der Waals surface area contributed by atoms with Crippen LogP contribution in [0.1, 0.15) is 32.4 Å². The van der Waals surface area contributed by atoms with Crippen LogP contribution in [-0.2, 0) is 0 Å². The van der Waals surface area contributed by atoms with Gasteiger partial charge in [-0.15, -0.1) is 10.2 Å². The van der Waals surface area contributed by atoms with E-state index in [1.54, 1.807) is 7.11 Å². The van der Waals surface area contributed by atoms with Gasteiger partial charge in [-0.25, -0.2) is 4.98 Å². The largest absolute Gasteiger partial charge is 0.497 e. The van der Waals surface area contributed by atoms with Crippen LogP contribution in [0.5, 0.6) is 5.75 Å². The maximum absolute atomic E-state index is 6.10. The molecule has 4 aromatic rings. The average molecular weight is 405 g/mol. The van der Waals surface area contributed by atoms with E-state index in [4.69, 9.17) is 15.5 Å². The Morgan fingerprint density at radius 1 is 1.13 bits per heavy atom. The fourth-order valence-corrected chi connectivity index (χ4v) is 4.06. The van der Waals surface area contributed by atoms with Gasteiger partial charge in [0.05, 0.1) is 12.6 Å². The van der Waals surface area contributed by atoms with Gasteiger partial charge in [-0.05, 0) is 43.2 Å². The third kappa shape index (κ3) is 3.51. The summed E-state index contributed by atoms with van der Waals surface area (Å²) in [6.45, 7) is 4.19. The molecule has 0 radical (unpaired) electrons. The third-order valence-electron chi connectivity index (χ3n) is 5.84. The SMILES string of the molecule is C.COc1ccc2ccc(-c3nnc4ccc([C@H](C)N5CC[C@H](N)C5)cn34)nc2c1. The van der Waals surface area contributed by atoms with E-state index in [-0.39, 0.29) is 19.5 Å². The fourth-order valence-electron chi connectivity index (χ4n) is 4.06. The van der Waals surface area contributed by atoms with Crippen molar-refractivity contribution in [3.05, 3.63) is 54.2 Å². The first kappa shape index (κ1) is 20.3. The number of hydrogen-bond acceptors (Lipinski definition) is 6. The first-order valence-electron chi connectivity index (χ1n) is 9.92. The van der Waals surface area contributed by atoms with Crippen molar-refractivity contribution >= 4 is 16.6 Å². The van der Waals surface area contributed by atoms with Crippen molar-refractivity contribution in [1.82, 2.24) is 24.5 Å². The number of hydrogen-bond donors (Lipinski definition) is 1. The van der Waals surface area contributed by atoms with Gasteiger partial charge in [-0.2, -0.15) is 0 Å². The molecule has 2 N–H and O–H groups in total. The lowest BCUT2D eigenvalue weighted by Crippen LogP contribution is -2.28. The number of methoxy groups -OCH3 is 1. The molecule has 156 valence electrons. The van der Waals surface area contributed by atoms with Crippen molar-refractivity contribution in [1.29, 1.82) is 0 Å². The van der Waals surface area contributed by atoms with Gasteiger partial charge in [0.1, 0.15) is 11.4 Å². The van der Waals surface area contributed by atoms with E-state index in [0.29, 0.717) is 0 Å². The van der Waals surface area contributed by atoms with Crippen LogP contribution in [0, 0.1) is 0 Å². The number of rotatable bonds is 4. The highest BCUT2D eigenvalue weighted by Crippen LogP contribution is 2.27. The Balaban J connectivity index is 0.00000218. The van der Waals surface area contributed by atoms with Crippen LogP contribution in [0.4, 0.5) is 0 Å². The molecule has 7 heteroatoms. The van der Waals surface area contributed by atoms with Crippen molar-refractivity contribution in [3.63, 3.8) is 0 Å². The number of likely N-dealkylation sites (tertiary alicyclic amines) is 1. The summed E-state index contributed by atoms with van der Waals surface area (Å²) in [6, 6.07) is 14.6. The van der Waals surface area contributed by atoms with Crippen LogP contribution in [-0.4, -0.2) is 50.7 Å². The highest BCUT2D eigenvalue weighted by Gasteiger charge is 2.25. The van der Waals surface area contributed by atoms with Crippen LogP contribution < -0.4 is 10.5 Å². The Bertz CT molecular complexity index is 1190. The van der Waals surface area contributed by atoms with Crippen LogP contribution in [0.2, 0.25) is 0 Å². The fraction of sp³-hybridized carbons (Fsp3) is 0.348. The average Bonchev–Trinajstić information content (AvgIpc) is 3.38. The lowest BCUT2D eigenvalue weighted by molar-refractivity contribution is 0.259. The molecular formula is C23H28N6O. The molecule has 0 aliphatic carbocycles. The van der Waals surface area contributed by atoms with Gasteiger partial charge in [0, 0.05) is 42.8 Å². The smallest absolute Gasteiger partial charge is 0.187 e. The van der Waals surface area contributed by atoms with Crippen molar-refractivity contribution in [2.75, 3.05) is 20.2 Å². The zero-order valence-corrected chi connectivity index (χ0v) is 16.6. The summed E-state index contributed by atoms with van der Waals surface area (Å²) in [4.78, 5) is 7.24. The Hall–Kier alpha value is -3.03. The van der Waals surface area contributed by atoms with Crippen molar-refractivity contribution in [2.45, 2.75) is 32.9 Å². The summed E-state index contributed by atoms with van der Waals surface area (Å²) >= 11 is 0. The number of aromatic nitrogens is 4. The summed E-state index contributed by atoms with van der Waals surface area (Å²) in [5.41, 5.74) is 9.78. The zero-order chi connectivity index (χ0) is 20.0. The third-order valence-corrected chi connectivity index (χ3v) is 5.84. The summed E-state index contributed by atoms with van der Waals surface area (Å²) < 4.78 is 7.36. The van der Waals surface area contributed by atoms with E-state index in [1.807, 2.05) is 34.7 Å². The molecule has 0 amide bonds. The summed E-state index contributed by atoms with van der Waals surface area (Å²) in [6.07, 6.45) is 3.17. The number of benzene rings is 1. The Kier molecular flexibility index (Phi) is 5.40. The predicted octanol–water partition coefficient (Wildman–Crippen LogP) is 3.68. The van der Waals surface area contributed by atoms with Gasteiger partial charge in [-0.3, -0.25) is 9.30 Å². The molecule has 1 aliphatic heterocycles. The highest BCUT2D eigenvalue weighted by molar-refractivity contribution is 5.82. The maximum Gasteiger partial charge on any atom is 0.187 e. The molecule has 3 aromatic heterocycles. The van der Waals surface area contributed by atoms with Crippen LogP contribution in [0.15, 0.2) is 48.7 Å². The Labute approximate surface area is 176 Å². The highest BCUT2D eigenvalue weighted by atomic mass is 16.5. The van der Waals surface area contributed by atoms with Crippen LogP contribution in [0.3, 0.4) is 0 Å². The van der Waals surface area contributed by atoms with Gasteiger partial charge in [0.2, 0.25) is 0 Å². The minimum absolute atomic E-state index is 0. The predicted molar refractivity (Wildman–Crippen MR) is 120 cm³/mol. The quantitative estimate of drug-likeness (QED) is 0.559. The van der Waals surface area contributed by atoms with E-state index < -0.39 is 0 Å². The number of pyridine rings is 2. The second-order valence-corrected chi connectivity index (χ2v) is 7.69. The molecule has 30 heavy (non-hydrogen) atoms. The van der Waals surface area contributed by atoms with Gasteiger partial charge in [-0.1, -0.05) is 19.6 Å². The lowest BCUT2D eigenvalue weighted by Gasteiger charge is -2.24. The minimum Gasteiger partial charge on any atom is -0.497 e. The van der Waals surface area contributed by atoms with E-state index >= 15 is 0 Å². The number of nitrogens with two attached hydrogens (primary N) is 1. The molecule has 1 fully saturated rings. The zero-order valence-electron chi connectivity index (χ0n) is 16.6. The molecule has 1 aliphatic rings. The molecular weight excluding hydrogens is 376 g/mol. The maximum atomic E-state index is 6.10. The Morgan fingerprint density at radius 2 is 1.97 bits per heavy atom. The number of fused-ring (bicyclic) bond motifs is 2. The molecule has 5 rings (SSSR count). The first-order valence-corrected chi connectivity index (χ1v) is 9.92. The summed E-state index contributed by atoms with van der Waals surface area (Å²) in [7, 11) is 1.66. The van der Waals surface area contributed by atoms with Gasteiger partial charge in [0.25, 0.3) is 0 Å². The molecule has 2 atom stereocenters. The van der Waals surface area contributed by atoms with Gasteiger partial charge >= 0.3 is 0 Å². The van der Waals surface area contributed by atoms with E-state index in [2.05, 4.69) is 40.4 Å². The molecule has 0 spiro atoms. The second kappa shape index (κ2) is 8.01. The van der Waals surface area contributed by atoms with Crippen molar-refractivity contribution in [2.24, 2.45) is 5.73 Å². The molecule has 0 saturated carbocycles. The van der Waals surface area contributed by atoms with Gasteiger partial charge < -0.3 is 10.5 Å². The van der Waals surface area contributed by atoms with E-state index in [0.717, 1.165) is 53.3 Å². The Morgan fingerprint density at radius 3 is 2.73 bits per heavy atom. The normalized spacial score (nSPS) is 17.9.